The number of likely N-dealkylation sites (tertiary alicyclic amines) is 1. The van der Waals surface area contributed by atoms with Gasteiger partial charge in [-0.1, -0.05) is 6.92 Å². The molecule has 4 rings (SSSR count). The molecule has 0 unspecified atom stereocenters. The number of nitrogens with zero attached hydrogens (tertiary/aromatic N) is 4. The van der Waals surface area contributed by atoms with Crippen molar-refractivity contribution in [1.29, 1.82) is 0 Å². The van der Waals surface area contributed by atoms with E-state index in [1.54, 1.807) is 29.4 Å². The Balaban J connectivity index is 1.45. The number of nitrogens with one attached hydrogen (secondary N) is 1. The Morgan fingerprint density at radius 3 is 2.61 bits per heavy atom. The van der Waals surface area contributed by atoms with Gasteiger partial charge in [-0.05, 0) is 49.1 Å². The van der Waals surface area contributed by atoms with Crippen LogP contribution < -0.4 is 5.32 Å². The molecule has 2 atom stereocenters. The van der Waals surface area contributed by atoms with Crippen LogP contribution in [0.25, 0.3) is 11.0 Å². The van der Waals surface area contributed by atoms with Crippen molar-refractivity contribution < 1.29 is 22.8 Å². The molecule has 1 aliphatic rings. The molecular formula is C23H22F3N5O2. The second kappa shape index (κ2) is 8.76. The second-order valence-corrected chi connectivity index (χ2v) is 8.21. The highest BCUT2D eigenvalue weighted by Crippen LogP contribution is 2.31. The zero-order valence-corrected chi connectivity index (χ0v) is 18.1. The fourth-order valence-corrected chi connectivity index (χ4v) is 4.15. The minimum Gasteiger partial charge on any atom is -0.348 e. The fourth-order valence-electron chi connectivity index (χ4n) is 4.15. The SMILES string of the molecule is Cc1cc(C(=O)N2CC[C@@H](NC(=O)c3ncccc3C(F)(F)F)[C@@H](C)C2)cc2nccnc12. The lowest BCUT2D eigenvalue weighted by Gasteiger charge is -2.37. The average molecular weight is 457 g/mol. The van der Waals surface area contributed by atoms with E-state index in [4.69, 9.17) is 0 Å². The number of alkyl halides is 3. The van der Waals surface area contributed by atoms with Crippen molar-refractivity contribution in [1.82, 2.24) is 25.2 Å². The molecule has 1 N–H and O–H groups in total. The zero-order valence-electron chi connectivity index (χ0n) is 18.1. The quantitative estimate of drug-likeness (QED) is 0.649. The Bertz CT molecular complexity index is 1210. The molecular weight excluding hydrogens is 435 g/mol. The lowest BCUT2D eigenvalue weighted by Crippen LogP contribution is -2.51. The molecule has 1 aromatic carbocycles. The molecule has 0 bridgehead atoms. The maximum Gasteiger partial charge on any atom is 0.418 e. The highest BCUT2D eigenvalue weighted by molar-refractivity contribution is 5.98. The standard InChI is InChI=1S/C23H22F3N5O2/c1-13-10-15(11-18-19(13)29-8-7-27-18)22(33)31-9-5-17(14(2)12-31)30-21(32)20-16(23(24,25)26)4-3-6-28-20/h3-4,6-8,10-11,14,17H,5,9,12H2,1-2H3,(H,30,32)/t14-,17+/m0/s1. The molecule has 7 nitrogen and oxygen atoms in total. The van der Waals surface area contributed by atoms with E-state index in [9.17, 15) is 22.8 Å². The van der Waals surface area contributed by atoms with Crippen molar-refractivity contribution in [2.24, 2.45) is 5.92 Å². The number of hydrogen-bond acceptors (Lipinski definition) is 5. The van der Waals surface area contributed by atoms with Crippen molar-refractivity contribution in [3.8, 4) is 0 Å². The van der Waals surface area contributed by atoms with Crippen LogP contribution in [-0.4, -0.2) is 50.8 Å². The Morgan fingerprint density at radius 1 is 1.12 bits per heavy atom. The van der Waals surface area contributed by atoms with E-state index in [2.05, 4.69) is 20.3 Å². The van der Waals surface area contributed by atoms with Gasteiger partial charge in [0.1, 0.15) is 5.69 Å². The third kappa shape index (κ3) is 4.64. The van der Waals surface area contributed by atoms with Crippen LogP contribution in [0, 0.1) is 12.8 Å². The number of carbonyl (C=O) groups excluding carboxylic acids is 2. The topological polar surface area (TPSA) is 88.1 Å². The molecule has 2 amide bonds. The molecule has 33 heavy (non-hydrogen) atoms. The van der Waals surface area contributed by atoms with E-state index in [1.165, 1.54) is 0 Å². The highest BCUT2D eigenvalue weighted by Gasteiger charge is 2.37. The summed E-state index contributed by atoms with van der Waals surface area (Å²) >= 11 is 0. The van der Waals surface area contributed by atoms with Gasteiger partial charge in [-0.15, -0.1) is 0 Å². The van der Waals surface area contributed by atoms with E-state index in [1.807, 2.05) is 13.8 Å². The summed E-state index contributed by atoms with van der Waals surface area (Å²) < 4.78 is 39.7. The van der Waals surface area contributed by atoms with Gasteiger partial charge in [0.25, 0.3) is 11.8 Å². The molecule has 0 saturated carbocycles. The average Bonchev–Trinajstić information content (AvgIpc) is 2.79. The molecule has 1 fully saturated rings. The van der Waals surface area contributed by atoms with Gasteiger partial charge in [0.05, 0.1) is 16.6 Å². The molecule has 1 saturated heterocycles. The molecule has 3 aromatic rings. The summed E-state index contributed by atoms with van der Waals surface area (Å²) in [7, 11) is 0. The summed E-state index contributed by atoms with van der Waals surface area (Å²) in [5.41, 5.74) is 0.984. The predicted molar refractivity (Wildman–Crippen MR) is 114 cm³/mol. The Kier molecular flexibility index (Phi) is 6.01. The van der Waals surface area contributed by atoms with Crippen LogP contribution in [0.5, 0.6) is 0 Å². The first-order chi connectivity index (χ1) is 15.6. The minimum absolute atomic E-state index is 0.161. The van der Waals surface area contributed by atoms with Crippen molar-refractivity contribution in [3.05, 3.63) is 65.2 Å². The van der Waals surface area contributed by atoms with Crippen LogP contribution in [0.4, 0.5) is 13.2 Å². The number of benzene rings is 1. The number of amides is 2. The number of aryl methyl sites for hydroxylation is 1. The number of fused-ring (bicyclic) bond motifs is 1. The van der Waals surface area contributed by atoms with Gasteiger partial charge in [0.2, 0.25) is 0 Å². The molecule has 1 aliphatic heterocycles. The molecule has 0 radical (unpaired) electrons. The summed E-state index contributed by atoms with van der Waals surface area (Å²) in [6, 6.07) is 5.08. The van der Waals surface area contributed by atoms with Crippen LogP contribution in [0.2, 0.25) is 0 Å². The first-order valence-corrected chi connectivity index (χ1v) is 10.5. The van der Waals surface area contributed by atoms with E-state index >= 15 is 0 Å². The number of halogens is 3. The predicted octanol–water partition coefficient (Wildman–Crippen LogP) is 3.63. The lowest BCUT2D eigenvalue weighted by atomic mass is 9.93. The molecule has 172 valence electrons. The zero-order chi connectivity index (χ0) is 23.8. The summed E-state index contributed by atoms with van der Waals surface area (Å²) in [4.78, 5) is 39.6. The van der Waals surface area contributed by atoms with Gasteiger partial charge >= 0.3 is 6.18 Å². The van der Waals surface area contributed by atoms with Crippen molar-refractivity contribution in [2.45, 2.75) is 32.5 Å². The van der Waals surface area contributed by atoms with E-state index in [0.717, 1.165) is 29.4 Å². The van der Waals surface area contributed by atoms with E-state index in [-0.39, 0.29) is 17.9 Å². The molecule has 2 aromatic heterocycles. The van der Waals surface area contributed by atoms with Gasteiger partial charge in [0.15, 0.2) is 0 Å². The smallest absolute Gasteiger partial charge is 0.348 e. The number of hydrogen-bond donors (Lipinski definition) is 1. The van der Waals surface area contributed by atoms with Crippen LogP contribution in [-0.2, 0) is 6.18 Å². The maximum atomic E-state index is 13.2. The van der Waals surface area contributed by atoms with Crippen molar-refractivity contribution >= 4 is 22.8 Å². The van der Waals surface area contributed by atoms with Gasteiger partial charge in [-0.3, -0.25) is 24.5 Å². The van der Waals surface area contributed by atoms with E-state index in [0.29, 0.717) is 30.6 Å². The Labute approximate surface area is 188 Å². The van der Waals surface area contributed by atoms with Gasteiger partial charge in [-0.25, -0.2) is 0 Å². The Hall–Kier alpha value is -3.56. The number of pyridine rings is 1. The molecule has 10 heteroatoms. The molecule has 3 heterocycles. The largest absolute Gasteiger partial charge is 0.418 e. The minimum atomic E-state index is -4.68. The number of carbonyl (C=O) groups is 2. The summed E-state index contributed by atoms with van der Waals surface area (Å²) in [5.74, 6) is -1.19. The Morgan fingerprint density at radius 2 is 1.88 bits per heavy atom. The molecule has 0 aliphatic carbocycles. The van der Waals surface area contributed by atoms with Gasteiger partial charge < -0.3 is 10.2 Å². The number of piperidine rings is 1. The summed E-state index contributed by atoms with van der Waals surface area (Å²) in [5, 5.41) is 2.67. The van der Waals surface area contributed by atoms with Gasteiger partial charge in [-0.2, -0.15) is 13.2 Å². The lowest BCUT2D eigenvalue weighted by molar-refractivity contribution is -0.138. The maximum absolute atomic E-state index is 13.2. The highest BCUT2D eigenvalue weighted by atomic mass is 19.4. The third-order valence-electron chi connectivity index (χ3n) is 5.85. The fraction of sp³-hybridized carbons (Fsp3) is 0.348. The van der Waals surface area contributed by atoms with Crippen LogP contribution in [0.15, 0.2) is 42.9 Å². The van der Waals surface area contributed by atoms with Crippen molar-refractivity contribution in [2.75, 3.05) is 13.1 Å². The number of aromatic nitrogens is 3. The summed E-state index contributed by atoms with van der Waals surface area (Å²) in [6.45, 7) is 4.44. The van der Waals surface area contributed by atoms with Crippen molar-refractivity contribution in [3.63, 3.8) is 0 Å². The first kappa shape index (κ1) is 22.6. The van der Waals surface area contributed by atoms with Crippen LogP contribution >= 0.6 is 0 Å². The van der Waals surface area contributed by atoms with Crippen LogP contribution in [0.1, 0.15) is 45.3 Å². The third-order valence-corrected chi connectivity index (χ3v) is 5.85. The van der Waals surface area contributed by atoms with Crippen LogP contribution in [0.3, 0.4) is 0 Å². The van der Waals surface area contributed by atoms with E-state index < -0.39 is 23.3 Å². The first-order valence-electron chi connectivity index (χ1n) is 10.5. The summed E-state index contributed by atoms with van der Waals surface area (Å²) in [6.07, 6.45) is 0.0625. The normalized spacial score (nSPS) is 18.9. The molecule has 0 spiro atoms. The monoisotopic (exact) mass is 457 g/mol. The second-order valence-electron chi connectivity index (χ2n) is 8.21. The van der Waals surface area contributed by atoms with Gasteiger partial charge in [0, 0.05) is 43.3 Å². The number of rotatable bonds is 3.